The molecule has 2 fully saturated rings. The van der Waals surface area contributed by atoms with Gasteiger partial charge in [-0.05, 0) is 66.5 Å². The molecule has 0 bridgehead atoms. The second-order valence-corrected chi connectivity index (χ2v) is 9.80. The second kappa shape index (κ2) is 13.2. The van der Waals surface area contributed by atoms with Gasteiger partial charge in [0.1, 0.15) is 17.7 Å². The lowest BCUT2D eigenvalue weighted by atomic mass is 9.97. The molecule has 2 aromatic carbocycles. The van der Waals surface area contributed by atoms with Crippen molar-refractivity contribution in [2.75, 3.05) is 19.3 Å². The summed E-state index contributed by atoms with van der Waals surface area (Å²) in [5.41, 5.74) is 7.21. The number of benzene rings is 2. The van der Waals surface area contributed by atoms with Gasteiger partial charge in [-0.2, -0.15) is 0 Å². The molecule has 1 saturated heterocycles. The second-order valence-electron chi connectivity index (χ2n) is 8.13. The number of nitrogens with zero attached hydrogens (tertiary/aromatic N) is 1. The molecule has 1 unspecified atom stereocenters. The molecule has 2 aromatic rings. The summed E-state index contributed by atoms with van der Waals surface area (Å²) in [7, 11) is 0. The Hall–Kier alpha value is -2.24. The highest BCUT2D eigenvalue weighted by molar-refractivity contribution is 7.78. The molecule has 0 spiro atoms. The zero-order valence-electron chi connectivity index (χ0n) is 19.1. The molecular weight excluding hydrogens is 522 g/mol. The van der Waals surface area contributed by atoms with Crippen molar-refractivity contribution in [1.29, 1.82) is 0 Å². The molecule has 2 aliphatic rings. The summed E-state index contributed by atoms with van der Waals surface area (Å²) in [6, 6.07) is 8.22. The number of likely N-dealkylation sites (tertiary alicyclic amines) is 1. The lowest BCUT2D eigenvalue weighted by Gasteiger charge is -2.39. The molecule has 1 aliphatic heterocycles. The van der Waals surface area contributed by atoms with E-state index in [4.69, 9.17) is 52.3 Å². The fraction of sp³-hybridized carbons (Fsp3) is 0.391. The first-order chi connectivity index (χ1) is 16.3. The van der Waals surface area contributed by atoms with Crippen LogP contribution in [0.4, 0.5) is 4.39 Å². The van der Waals surface area contributed by atoms with Gasteiger partial charge in [-0.25, -0.2) is 4.39 Å². The highest BCUT2D eigenvalue weighted by Gasteiger charge is 2.32. The number of carboxylic acids is 1. The van der Waals surface area contributed by atoms with Crippen LogP contribution in [0.2, 0.25) is 10.0 Å². The van der Waals surface area contributed by atoms with E-state index in [-0.39, 0.29) is 11.7 Å². The number of nitrogens with two attached hydrogens (primary N) is 1. The molecule has 3 N–H and O–H groups in total. The Labute approximate surface area is 215 Å². The van der Waals surface area contributed by atoms with Gasteiger partial charge < -0.3 is 20.1 Å². The predicted octanol–water partition coefficient (Wildman–Crippen LogP) is 3.96. The van der Waals surface area contributed by atoms with Crippen molar-refractivity contribution in [2.45, 2.75) is 38.3 Å². The van der Waals surface area contributed by atoms with Crippen molar-refractivity contribution >= 4 is 46.2 Å². The normalized spacial score (nSPS) is 16.1. The van der Waals surface area contributed by atoms with Crippen molar-refractivity contribution in [3.8, 4) is 5.75 Å². The number of amides is 1. The summed E-state index contributed by atoms with van der Waals surface area (Å²) in [4.78, 5) is 22.6. The fourth-order valence-corrected chi connectivity index (χ4v) is 3.99. The van der Waals surface area contributed by atoms with Crippen molar-refractivity contribution in [3.63, 3.8) is 0 Å². The van der Waals surface area contributed by atoms with E-state index in [1.54, 1.807) is 24.3 Å². The summed E-state index contributed by atoms with van der Waals surface area (Å²) in [6.45, 7) is 3.17. The molecule has 4 rings (SSSR count). The third-order valence-corrected chi connectivity index (χ3v) is 5.40. The van der Waals surface area contributed by atoms with Crippen LogP contribution in [0.5, 0.6) is 5.75 Å². The molecule has 1 aliphatic carbocycles. The lowest BCUT2D eigenvalue weighted by molar-refractivity contribution is -0.134. The van der Waals surface area contributed by atoms with Gasteiger partial charge in [0.05, 0.1) is 5.56 Å². The molecule has 0 radical (unpaired) electrons. The van der Waals surface area contributed by atoms with Gasteiger partial charge in [0.15, 0.2) is 0 Å². The highest BCUT2D eigenvalue weighted by Crippen LogP contribution is 2.43. The predicted molar refractivity (Wildman–Crippen MR) is 131 cm³/mol. The van der Waals surface area contributed by atoms with E-state index in [0.717, 1.165) is 50.2 Å². The van der Waals surface area contributed by atoms with Crippen molar-refractivity contribution in [2.24, 2.45) is 5.73 Å². The maximum atomic E-state index is 14.2. The zero-order chi connectivity index (χ0) is 26.3. The number of carboxylic acid groups (broad SMARTS) is 1. The maximum Gasteiger partial charge on any atom is 0.300 e. The van der Waals surface area contributed by atoms with Crippen LogP contribution >= 0.6 is 23.2 Å². The van der Waals surface area contributed by atoms with Gasteiger partial charge in [0.2, 0.25) is 0 Å². The molecular formula is C23H26Cl2FN2O6S-. The SMILES string of the molecule is CC(=O)O.CS(=O)[O-].NC(=O)c1cc(C2CC2)c(CN2CC(Oc3cc(Cl)cc(Cl)c3)C2)cc1F. The molecule has 8 nitrogen and oxygen atoms in total. The summed E-state index contributed by atoms with van der Waals surface area (Å²) >= 11 is 10.1. The van der Waals surface area contributed by atoms with Gasteiger partial charge in [-0.3, -0.25) is 18.7 Å². The summed E-state index contributed by atoms with van der Waals surface area (Å²) in [6.07, 6.45) is 3.26. The number of rotatable bonds is 6. The molecule has 1 amide bonds. The van der Waals surface area contributed by atoms with Crippen molar-refractivity contribution < 1.29 is 32.6 Å². The zero-order valence-corrected chi connectivity index (χ0v) is 21.5. The van der Waals surface area contributed by atoms with Gasteiger partial charge in [0.25, 0.3) is 11.9 Å². The van der Waals surface area contributed by atoms with Crippen LogP contribution < -0.4 is 10.5 Å². The molecule has 12 heteroatoms. The van der Waals surface area contributed by atoms with E-state index in [0.29, 0.717) is 28.3 Å². The first-order valence-corrected chi connectivity index (χ1v) is 12.8. The van der Waals surface area contributed by atoms with Crippen LogP contribution in [-0.2, 0) is 22.4 Å². The number of ether oxygens (including phenoxy) is 1. The standard InChI is InChI=1S/C20H19Cl2FN2O2.C2H4O2.CH4O2S/c21-13-4-14(22)6-15(5-13)27-16-9-25(10-16)8-12-3-19(23)18(20(24)26)7-17(12)11-1-2-11;1-2(3)4;1-4(2)3/h3-7,11,16H,1-2,8-10H2,(H2,24,26);1H3,(H,3,4);1H3,(H,2,3)/p-1. The number of halogens is 3. The monoisotopic (exact) mass is 547 g/mol. The average molecular weight is 548 g/mol. The lowest BCUT2D eigenvalue weighted by Crippen LogP contribution is -2.53. The Bertz CT molecular complexity index is 1050. The van der Waals surface area contributed by atoms with E-state index in [1.165, 1.54) is 6.07 Å². The van der Waals surface area contributed by atoms with Crippen LogP contribution in [0.25, 0.3) is 0 Å². The molecule has 1 saturated carbocycles. The Kier molecular flexibility index (Phi) is 10.9. The van der Waals surface area contributed by atoms with E-state index in [9.17, 15) is 9.18 Å². The van der Waals surface area contributed by atoms with Gasteiger partial charge >= 0.3 is 0 Å². The summed E-state index contributed by atoms with van der Waals surface area (Å²) < 4.78 is 38.1. The molecule has 1 atom stereocenters. The minimum atomic E-state index is -1.86. The largest absolute Gasteiger partial charge is 0.773 e. The number of carbonyl (C=O) groups is 2. The third kappa shape index (κ3) is 10.1. The van der Waals surface area contributed by atoms with E-state index in [1.807, 2.05) is 0 Å². The Morgan fingerprint density at radius 3 is 2.17 bits per heavy atom. The van der Waals surface area contributed by atoms with Gasteiger partial charge in [0, 0.05) is 36.6 Å². The summed E-state index contributed by atoms with van der Waals surface area (Å²) in [5, 5.41) is 8.49. The molecule has 1 heterocycles. The van der Waals surface area contributed by atoms with Crippen LogP contribution in [-0.4, -0.2) is 56.1 Å². The first-order valence-electron chi connectivity index (χ1n) is 10.5. The van der Waals surface area contributed by atoms with Gasteiger partial charge in [-0.15, -0.1) is 0 Å². The van der Waals surface area contributed by atoms with Crippen LogP contribution in [0.3, 0.4) is 0 Å². The number of hydrogen-bond acceptors (Lipinski definition) is 6. The van der Waals surface area contributed by atoms with Crippen molar-refractivity contribution in [3.05, 3.63) is 62.9 Å². The maximum absolute atomic E-state index is 14.2. The van der Waals surface area contributed by atoms with E-state index < -0.39 is 28.8 Å². The first kappa shape index (κ1) is 29.0. The van der Waals surface area contributed by atoms with Crippen LogP contribution in [0, 0.1) is 5.82 Å². The van der Waals surface area contributed by atoms with Crippen LogP contribution in [0.15, 0.2) is 30.3 Å². The number of hydrogen-bond donors (Lipinski definition) is 2. The average Bonchev–Trinajstić information content (AvgIpc) is 3.49. The Morgan fingerprint density at radius 2 is 1.71 bits per heavy atom. The summed E-state index contributed by atoms with van der Waals surface area (Å²) in [5.74, 6) is -1.06. The quantitative estimate of drug-likeness (QED) is 0.522. The minimum Gasteiger partial charge on any atom is -0.773 e. The topological polar surface area (TPSA) is 133 Å². The highest BCUT2D eigenvalue weighted by atomic mass is 35.5. The number of carbonyl (C=O) groups excluding carboxylic acids is 1. The third-order valence-electron chi connectivity index (χ3n) is 4.97. The molecule has 35 heavy (non-hydrogen) atoms. The Morgan fingerprint density at radius 1 is 1.20 bits per heavy atom. The number of aliphatic carboxylic acids is 1. The van der Waals surface area contributed by atoms with E-state index in [2.05, 4.69) is 4.90 Å². The van der Waals surface area contributed by atoms with E-state index >= 15 is 0 Å². The van der Waals surface area contributed by atoms with Crippen LogP contribution in [0.1, 0.15) is 47.2 Å². The van der Waals surface area contributed by atoms with Crippen molar-refractivity contribution in [1.82, 2.24) is 4.90 Å². The smallest absolute Gasteiger partial charge is 0.300 e. The minimum absolute atomic E-state index is 0.0247. The number of primary amides is 1. The fourth-order valence-electron chi connectivity index (χ4n) is 3.49. The molecule has 0 aromatic heterocycles. The van der Waals surface area contributed by atoms with Gasteiger partial charge in [-0.1, -0.05) is 34.3 Å². The molecule has 192 valence electrons. The Balaban J connectivity index is 0.000000473.